The molecule has 2 aliphatic heterocycles. The molecule has 5 nitrogen and oxygen atoms in total. The van der Waals surface area contributed by atoms with Gasteiger partial charge in [0.15, 0.2) is 0 Å². The molecule has 6 heteroatoms. The van der Waals surface area contributed by atoms with E-state index in [1.165, 1.54) is 7.11 Å². The fourth-order valence-electron chi connectivity index (χ4n) is 3.36. The van der Waals surface area contributed by atoms with Crippen molar-refractivity contribution in [2.24, 2.45) is 0 Å². The molecule has 1 fully saturated rings. The molecule has 1 saturated heterocycles. The van der Waals surface area contributed by atoms with E-state index >= 15 is 0 Å². The number of esters is 1. The Labute approximate surface area is 133 Å². The van der Waals surface area contributed by atoms with E-state index in [2.05, 4.69) is 5.32 Å². The lowest BCUT2D eigenvalue weighted by Crippen LogP contribution is -2.67. The molecule has 1 N–H and O–H groups in total. The molecule has 1 spiro atoms. The number of amides is 1. The van der Waals surface area contributed by atoms with Gasteiger partial charge >= 0.3 is 5.97 Å². The Kier molecular flexibility index (Phi) is 3.65. The summed E-state index contributed by atoms with van der Waals surface area (Å²) in [6, 6.07) is 5.51. The van der Waals surface area contributed by atoms with E-state index in [4.69, 9.17) is 21.1 Å². The number of nitrogens with one attached hydrogen (secondary N) is 1. The SMILES string of the molecule is CCC1(CC(=O)OC)C(=O)NC2(COC2)c2ccc(Cl)cc21. The molecule has 2 heterocycles. The highest BCUT2D eigenvalue weighted by Crippen LogP contribution is 2.46. The van der Waals surface area contributed by atoms with Crippen LogP contribution >= 0.6 is 11.6 Å². The number of halogens is 1. The van der Waals surface area contributed by atoms with Crippen LogP contribution in [0.2, 0.25) is 5.02 Å². The maximum Gasteiger partial charge on any atom is 0.306 e. The lowest BCUT2D eigenvalue weighted by Gasteiger charge is -2.51. The quantitative estimate of drug-likeness (QED) is 0.863. The van der Waals surface area contributed by atoms with Gasteiger partial charge in [-0.05, 0) is 29.7 Å². The minimum absolute atomic E-state index is 0.00386. The van der Waals surface area contributed by atoms with Crippen LogP contribution in [0.3, 0.4) is 0 Å². The topological polar surface area (TPSA) is 64.6 Å². The van der Waals surface area contributed by atoms with Crippen LogP contribution in [0.4, 0.5) is 0 Å². The van der Waals surface area contributed by atoms with Gasteiger partial charge < -0.3 is 14.8 Å². The Bertz CT molecular complexity index is 641. The summed E-state index contributed by atoms with van der Waals surface area (Å²) in [5, 5.41) is 3.61. The molecular weight excluding hydrogens is 306 g/mol. The van der Waals surface area contributed by atoms with Gasteiger partial charge in [-0.3, -0.25) is 9.59 Å². The van der Waals surface area contributed by atoms with Gasteiger partial charge in [-0.25, -0.2) is 0 Å². The van der Waals surface area contributed by atoms with Crippen molar-refractivity contribution in [1.82, 2.24) is 5.32 Å². The average Bonchev–Trinajstić information content (AvgIpc) is 2.47. The summed E-state index contributed by atoms with van der Waals surface area (Å²) in [6.45, 7) is 2.76. The Balaban J connectivity index is 2.18. The molecule has 1 atom stereocenters. The lowest BCUT2D eigenvalue weighted by molar-refractivity contribution is -0.151. The van der Waals surface area contributed by atoms with Crippen LogP contribution in [0.25, 0.3) is 0 Å². The predicted octanol–water partition coefficient (Wildman–Crippen LogP) is 1.91. The smallest absolute Gasteiger partial charge is 0.306 e. The molecule has 0 aliphatic carbocycles. The zero-order valence-electron chi connectivity index (χ0n) is 12.6. The number of rotatable bonds is 3. The van der Waals surface area contributed by atoms with Crippen LogP contribution in [0.1, 0.15) is 30.9 Å². The zero-order valence-corrected chi connectivity index (χ0v) is 13.3. The van der Waals surface area contributed by atoms with Crippen molar-refractivity contribution in [1.29, 1.82) is 0 Å². The van der Waals surface area contributed by atoms with Crippen LogP contribution in [-0.4, -0.2) is 32.2 Å². The van der Waals surface area contributed by atoms with E-state index in [1.54, 1.807) is 12.1 Å². The minimum Gasteiger partial charge on any atom is -0.469 e. The standard InChI is InChI=1S/C16H18ClNO4/c1-3-15(7-13(19)21-2)12-6-10(17)4-5-11(12)16(8-22-9-16)18-14(15)20/h4-6H,3,7-9H2,1-2H3,(H,18,20). The van der Waals surface area contributed by atoms with Crippen LogP contribution in [0, 0.1) is 0 Å². The molecule has 1 aromatic rings. The Morgan fingerprint density at radius 3 is 2.68 bits per heavy atom. The number of benzene rings is 1. The van der Waals surface area contributed by atoms with Gasteiger partial charge in [-0.15, -0.1) is 0 Å². The van der Waals surface area contributed by atoms with Crippen molar-refractivity contribution >= 4 is 23.5 Å². The van der Waals surface area contributed by atoms with Crippen molar-refractivity contribution in [3.8, 4) is 0 Å². The van der Waals surface area contributed by atoms with Crippen LogP contribution in [-0.2, 0) is 30.0 Å². The molecule has 22 heavy (non-hydrogen) atoms. The number of hydrogen-bond acceptors (Lipinski definition) is 4. The van der Waals surface area contributed by atoms with E-state index in [0.717, 1.165) is 11.1 Å². The lowest BCUT2D eigenvalue weighted by atomic mass is 9.65. The van der Waals surface area contributed by atoms with Crippen molar-refractivity contribution < 1.29 is 19.1 Å². The normalized spacial score (nSPS) is 25.1. The largest absolute Gasteiger partial charge is 0.469 e. The fraction of sp³-hybridized carbons (Fsp3) is 0.500. The van der Waals surface area contributed by atoms with E-state index in [9.17, 15) is 9.59 Å². The fourth-order valence-corrected chi connectivity index (χ4v) is 3.53. The molecule has 3 rings (SSSR count). The molecule has 1 unspecified atom stereocenters. The summed E-state index contributed by atoms with van der Waals surface area (Å²) in [4.78, 5) is 24.7. The summed E-state index contributed by atoms with van der Waals surface area (Å²) in [5.41, 5.74) is 0.341. The first kappa shape index (κ1) is 15.3. The summed E-state index contributed by atoms with van der Waals surface area (Å²) in [5.74, 6) is -0.581. The van der Waals surface area contributed by atoms with E-state index in [-0.39, 0.29) is 12.3 Å². The summed E-state index contributed by atoms with van der Waals surface area (Å²) in [6.07, 6.45) is 0.480. The first-order valence-corrected chi connectivity index (χ1v) is 7.63. The number of methoxy groups -OCH3 is 1. The second-order valence-corrected chi connectivity index (χ2v) is 6.34. The third kappa shape index (κ3) is 2.03. The third-order valence-electron chi connectivity index (χ3n) is 4.77. The van der Waals surface area contributed by atoms with E-state index < -0.39 is 16.9 Å². The highest BCUT2D eigenvalue weighted by Gasteiger charge is 2.55. The first-order chi connectivity index (χ1) is 10.5. The highest BCUT2D eigenvalue weighted by atomic mass is 35.5. The third-order valence-corrected chi connectivity index (χ3v) is 5.01. The number of ether oxygens (including phenoxy) is 2. The minimum atomic E-state index is -0.950. The molecule has 118 valence electrons. The summed E-state index contributed by atoms with van der Waals surface area (Å²) < 4.78 is 10.1. The number of fused-ring (bicyclic) bond motifs is 2. The summed E-state index contributed by atoms with van der Waals surface area (Å²) in [7, 11) is 1.33. The maximum atomic E-state index is 12.9. The average molecular weight is 324 g/mol. The second-order valence-electron chi connectivity index (χ2n) is 5.91. The van der Waals surface area contributed by atoms with Crippen LogP contribution in [0.15, 0.2) is 18.2 Å². The first-order valence-electron chi connectivity index (χ1n) is 7.25. The molecule has 0 aromatic heterocycles. The molecular formula is C16H18ClNO4. The van der Waals surface area contributed by atoms with E-state index in [0.29, 0.717) is 24.7 Å². The Morgan fingerprint density at radius 2 is 2.14 bits per heavy atom. The number of carbonyl (C=O) groups excluding carboxylic acids is 2. The van der Waals surface area contributed by atoms with Gasteiger partial charge in [0.2, 0.25) is 5.91 Å². The van der Waals surface area contributed by atoms with Gasteiger partial charge in [0.25, 0.3) is 0 Å². The van der Waals surface area contributed by atoms with Gasteiger partial charge in [-0.1, -0.05) is 24.6 Å². The molecule has 0 saturated carbocycles. The predicted molar refractivity (Wildman–Crippen MR) is 80.7 cm³/mol. The second kappa shape index (κ2) is 5.25. The number of carbonyl (C=O) groups is 2. The van der Waals surface area contributed by atoms with Crippen molar-refractivity contribution in [2.45, 2.75) is 30.7 Å². The van der Waals surface area contributed by atoms with Crippen LogP contribution in [0.5, 0.6) is 0 Å². The summed E-state index contributed by atoms with van der Waals surface area (Å²) >= 11 is 6.15. The van der Waals surface area contributed by atoms with E-state index in [1.807, 2.05) is 13.0 Å². The monoisotopic (exact) mass is 323 g/mol. The molecule has 0 radical (unpaired) electrons. The van der Waals surface area contributed by atoms with Gasteiger partial charge in [0, 0.05) is 5.02 Å². The molecule has 1 aromatic carbocycles. The van der Waals surface area contributed by atoms with Gasteiger partial charge in [0.05, 0.1) is 32.2 Å². The molecule has 1 amide bonds. The van der Waals surface area contributed by atoms with Gasteiger partial charge in [-0.2, -0.15) is 0 Å². The maximum absolute atomic E-state index is 12.9. The molecule has 0 bridgehead atoms. The van der Waals surface area contributed by atoms with Crippen molar-refractivity contribution in [2.75, 3.05) is 20.3 Å². The molecule has 2 aliphatic rings. The zero-order chi connectivity index (χ0) is 16.0. The Morgan fingerprint density at radius 1 is 1.41 bits per heavy atom. The highest BCUT2D eigenvalue weighted by molar-refractivity contribution is 6.30. The van der Waals surface area contributed by atoms with Crippen molar-refractivity contribution in [3.63, 3.8) is 0 Å². The Hall–Kier alpha value is -1.59. The van der Waals surface area contributed by atoms with Crippen molar-refractivity contribution in [3.05, 3.63) is 34.3 Å². The van der Waals surface area contributed by atoms with Crippen LogP contribution < -0.4 is 5.32 Å². The van der Waals surface area contributed by atoms with Gasteiger partial charge in [0.1, 0.15) is 5.54 Å². The number of hydrogen-bond donors (Lipinski definition) is 1.